The molecule has 0 saturated heterocycles. The molecule has 1 atom stereocenters. The van der Waals surface area contributed by atoms with E-state index < -0.39 is 0 Å². The molecule has 0 fully saturated rings. The van der Waals surface area contributed by atoms with Gasteiger partial charge in [-0.25, -0.2) is 0 Å². The van der Waals surface area contributed by atoms with Crippen LogP contribution in [0, 0.1) is 6.92 Å². The van der Waals surface area contributed by atoms with Gasteiger partial charge in [0.25, 0.3) is 5.91 Å². The Kier molecular flexibility index (Phi) is 4.48. The van der Waals surface area contributed by atoms with Gasteiger partial charge >= 0.3 is 0 Å². The molecule has 3 rings (SSSR count). The van der Waals surface area contributed by atoms with Crippen LogP contribution in [0.1, 0.15) is 39.4 Å². The fraction of sp³-hybridized carbons (Fsp3) is 0.444. The highest BCUT2D eigenvalue weighted by Gasteiger charge is 2.27. The van der Waals surface area contributed by atoms with E-state index in [4.69, 9.17) is 4.52 Å². The number of hydrogen-bond donors (Lipinski definition) is 1. The molecule has 0 spiro atoms. The second-order valence-corrected chi connectivity index (χ2v) is 6.50. The summed E-state index contributed by atoms with van der Waals surface area (Å²) in [7, 11) is 4.03. The monoisotopic (exact) mass is 313 g/mol. The summed E-state index contributed by atoms with van der Waals surface area (Å²) < 4.78 is 5.46. The van der Waals surface area contributed by atoms with Gasteiger partial charge in [-0.3, -0.25) is 4.79 Å². The maximum atomic E-state index is 12.5. The molecule has 1 aliphatic rings. The second kappa shape index (κ2) is 6.54. The Morgan fingerprint density at radius 3 is 2.91 bits per heavy atom. The van der Waals surface area contributed by atoms with Crippen LogP contribution in [0.5, 0.6) is 0 Å². The van der Waals surface area contributed by atoms with Gasteiger partial charge < -0.3 is 14.7 Å². The number of nitrogens with zero attached hydrogens (tertiary/aromatic N) is 2. The molecule has 1 aromatic carbocycles. The average Bonchev–Trinajstić information content (AvgIpc) is 2.89. The summed E-state index contributed by atoms with van der Waals surface area (Å²) >= 11 is 0. The SMILES string of the molecule is Cc1ccccc1C(=O)NC1CCc2onc(CN(C)C)c2C1. The highest BCUT2D eigenvalue weighted by atomic mass is 16.5. The normalized spacial score (nSPS) is 17.1. The van der Waals surface area contributed by atoms with E-state index in [1.165, 1.54) is 5.56 Å². The lowest BCUT2D eigenvalue weighted by molar-refractivity contribution is 0.0932. The van der Waals surface area contributed by atoms with Crippen molar-refractivity contribution in [3.63, 3.8) is 0 Å². The minimum absolute atomic E-state index is 0.00200. The van der Waals surface area contributed by atoms with Crippen LogP contribution in [0.15, 0.2) is 28.8 Å². The van der Waals surface area contributed by atoms with Crippen molar-refractivity contribution in [2.75, 3.05) is 14.1 Å². The van der Waals surface area contributed by atoms with Crippen molar-refractivity contribution in [2.45, 2.75) is 38.8 Å². The molecular formula is C18H23N3O2. The number of carbonyl (C=O) groups excluding carboxylic acids is 1. The molecule has 1 amide bonds. The molecule has 1 aliphatic carbocycles. The first-order valence-corrected chi connectivity index (χ1v) is 8.02. The molecule has 2 aromatic rings. The molecule has 0 radical (unpaired) electrons. The van der Waals surface area contributed by atoms with Gasteiger partial charge in [-0.15, -0.1) is 0 Å². The van der Waals surface area contributed by atoms with Crippen LogP contribution in [-0.2, 0) is 19.4 Å². The number of nitrogens with one attached hydrogen (secondary N) is 1. The third-order valence-corrected chi connectivity index (χ3v) is 4.31. The number of aromatic nitrogens is 1. The van der Waals surface area contributed by atoms with Gasteiger partial charge in [0.05, 0.1) is 0 Å². The molecule has 1 heterocycles. The molecule has 5 nitrogen and oxygen atoms in total. The first kappa shape index (κ1) is 15.7. The maximum absolute atomic E-state index is 12.5. The largest absolute Gasteiger partial charge is 0.361 e. The first-order chi connectivity index (χ1) is 11.0. The van der Waals surface area contributed by atoms with Gasteiger partial charge in [-0.2, -0.15) is 0 Å². The molecule has 1 N–H and O–H groups in total. The Morgan fingerprint density at radius 2 is 2.17 bits per heavy atom. The molecule has 5 heteroatoms. The van der Waals surface area contributed by atoms with Crippen molar-refractivity contribution >= 4 is 5.91 Å². The van der Waals surface area contributed by atoms with Gasteiger partial charge in [0.2, 0.25) is 0 Å². The number of rotatable bonds is 4. The van der Waals surface area contributed by atoms with Crippen LogP contribution < -0.4 is 5.32 Å². The number of benzene rings is 1. The van der Waals surface area contributed by atoms with E-state index in [-0.39, 0.29) is 11.9 Å². The first-order valence-electron chi connectivity index (χ1n) is 8.02. The van der Waals surface area contributed by atoms with Gasteiger partial charge in [-0.1, -0.05) is 23.4 Å². The fourth-order valence-electron chi connectivity index (χ4n) is 3.10. The molecular weight excluding hydrogens is 290 g/mol. The van der Waals surface area contributed by atoms with Gasteiger partial charge in [0.1, 0.15) is 11.5 Å². The predicted molar refractivity (Wildman–Crippen MR) is 88.4 cm³/mol. The summed E-state index contributed by atoms with van der Waals surface area (Å²) in [5, 5.41) is 7.36. The Balaban J connectivity index is 1.71. The van der Waals surface area contributed by atoms with E-state index in [0.29, 0.717) is 0 Å². The number of carbonyl (C=O) groups is 1. The molecule has 0 saturated carbocycles. The van der Waals surface area contributed by atoms with E-state index in [9.17, 15) is 4.79 Å². The van der Waals surface area contributed by atoms with Crippen molar-refractivity contribution in [1.82, 2.24) is 15.4 Å². The smallest absolute Gasteiger partial charge is 0.251 e. The average molecular weight is 313 g/mol. The standard InChI is InChI=1S/C18H23N3O2/c1-12-6-4-5-7-14(12)18(22)19-13-8-9-17-15(10-13)16(20-23-17)11-21(2)3/h4-7,13H,8-11H2,1-3H3,(H,19,22). The Bertz CT molecular complexity index is 706. The molecule has 23 heavy (non-hydrogen) atoms. The molecule has 122 valence electrons. The quantitative estimate of drug-likeness (QED) is 0.941. The third-order valence-electron chi connectivity index (χ3n) is 4.31. The van der Waals surface area contributed by atoms with Crippen molar-refractivity contribution in [1.29, 1.82) is 0 Å². The summed E-state index contributed by atoms with van der Waals surface area (Å²) in [5.74, 6) is 0.977. The van der Waals surface area contributed by atoms with E-state index >= 15 is 0 Å². The van der Waals surface area contributed by atoms with E-state index in [2.05, 4.69) is 15.4 Å². The van der Waals surface area contributed by atoms with Crippen molar-refractivity contribution in [3.8, 4) is 0 Å². The zero-order valence-electron chi connectivity index (χ0n) is 13.9. The number of hydrogen-bond acceptors (Lipinski definition) is 4. The van der Waals surface area contributed by atoms with Gasteiger partial charge in [-0.05, 0) is 45.5 Å². The third kappa shape index (κ3) is 3.45. The van der Waals surface area contributed by atoms with Crippen molar-refractivity contribution in [2.24, 2.45) is 0 Å². The lowest BCUT2D eigenvalue weighted by Gasteiger charge is -2.23. The number of fused-ring (bicyclic) bond motifs is 1. The molecule has 0 aliphatic heterocycles. The highest BCUT2D eigenvalue weighted by Crippen LogP contribution is 2.25. The van der Waals surface area contributed by atoms with Crippen LogP contribution >= 0.6 is 0 Å². The second-order valence-electron chi connectivity index (χ2n) is 6.50. The summed E-state index contributed by atoms with van der Waals surface area (Å²) in [5.41, 5.74) is 3.90. The lowest BCUT2D eigenvalue weighted by atomic mass is 9.91. The minimum Gasteiger partial charge on any atom is -0.361 e. The van der Waals surface area contributed by atoms with Crippen LogP contribution in [0.25, 0.3) is 0 Å². The zero-order valence-corrected chi connectivity index (χ0v) is 13.9. The number of amides is 1. The van der Waals surface area contributed by atoms with Crippen LogP contribution in [0.2, 0.25) is 0 Å². The van der Waals surface area contributed by atoms with E-state index in [1.807, 2.05) is 45.3 Å². The highest BCUT2D eigenvalue weighted by molar-refractivity contribution is 5.95. The Labute approximate surface area is 136 Å². The van der Waals surface area contributed by atoms with Crippen LogP contribution in [-0.4, -0.2) is 36.1 Å². The summed E-state index contributed by atoms with van der Waals surface area (Å²) in [6, 6.07) is 7.81. The van der Waals surface area contributed by atoms with Gasteiger partial charge in [0.15, 0.2) is 0 Å². The summed E-state index contributed by atoms with van der Waals surface area (Å²) in [4.78, 5) is 14.6. The van der Waals surface area contributed by atoms with Crippen molar-refractivity contribution < 1.29 is 9.32 Å². The maximum Gasteiger partial charge on any atom is 0.251 e. The van der Waals surface area contributed by atoms with E-state index in [1.54, 1.807) is 0 Å². The predicted octanol–water partition coefficient (Wildman–Crippen LogP) is 2.33. The summed E-state index contributed by atoms with van der Waals surface area (Å²) in [6.07, 6.45) is 2.51. The lowest BCUT2D eigenvalue weighted by Crippen LogP contribution is -2.39. The molecule has 1 aromatic heterocycles. The topological polar surface area (TPSA) is 58.4 Å². The molecule has 0 bridgehead atoms. The van der Waals surface area contributed by atoms with E-state index in [0.717, 1.165) is 48.4 Å². The zero-order chi connectivity index (χ0) is 16.4. The van der Waals surface area contributed by atoms with Crippen LogP contribution in [0.3, 0.4) is 0 Å². The number of aryl methyl sites for hydroxylation is 2. The fourth-order valence-corrected chi connectivity index (χ4v) is 3.10. The van der Waals surface area contributed by atoms with Gasteiger partial charge in [0, 0.05) is 30.1 Å². The van der Waals surface area contributed by atoms with Crippen molar-refractivity contribution in [3.05, 3.63) is 52.4 Å². The van der Waals surface area contributed by atoms with Crippen LogP contribution in [0.4, 0.5) is 0 Å². The Hall–Kier alpha value is -2.14. The minimum atomic E-state index is 0.00200. The molecule has 1 unspecified atom stereocenters. The summed E-state index contributed by atoms with van der Waals surface area (Å²) in [6.45, 7) is 2.72. The Morgan fingerprint density at radius 1 is 1.39 bits per heavy atom.